The second-order valence-corrected chi connectivity index (χ2v) is 4.38. The second kappa shape index (κ2) is 5.08. The van der Waals surface area contributed by atoms with E-state index in [0.29, 0.717) is 6.54 Å². The molecule has 1 amide bonds. The summed E-state index contributed by atoms with van der Waals surface area (Å²) in [5.74, 6) is -0.657. The monoisotopic (exact) mass is 250 g/mol. The van der Waals surface area contributed by atoms with Crippen LogP contribution in [0.2, 0.25) is 0 Å². The topological polar surface area (TPSA) is 23.6 Å². The first-order valence-corrected chi connectivity index (χ1v) is 5.51. The molecule has 1 heterocycles. The lowest BCUT2D eigenvalue weighted by atomic mass is 10.1. The Balaban J connectivity index is 2.87. The first kappa shape index (κ1) is 14.0. The van der Waals surface area contributed by atoms with Crippen LogP contribution in [0.4, 0.5) is 13.2 Å². The normalized spacial score (nSPS) is 22.9. The van der Waals surface area contributed by atoms with Crippen molar-refractivity contribution in [1.82, 2.24) is 9.80 Å². The Bertz CT molecular complexity index is 302. The summed E-state index contributed by atoms with van der Waals surface area (Å²) in [5, 5.41) is 0. The van der Waals surface area contributed by atoms with Gasteiger partial charge in [0.2, 0.25) is 5.91 Å². The number of amides is 1. The summed E-state index contributed by atoms with van der Waals surface area (Å²) < 4.78 is 38.6. The molecule has 0 aromatic carbocycles. The van der Waals surface area contributed by atoms with Crippen LogP contribution in [0.25, 0.3) is 0 Å². The maximum absolute atomic E-state index is 12.9. The lowest BCUT2D eigenvalue weighted by Gasteiger charge is -2.43. The summed E-state index contributed by atoms with van der Waals surface area (Å²) in [5.41, 5.74) is 0. The molecule has 1 rings (SSSR count). The van der Waals surface area contributed by atoms with E-state index >= 15 is 0 Å². The highest BCUT2D eigenvalue weighted by atomic mass is 19.4. The number of carbonyl (C=O) groups excluding carboxylic acids is 1. The van der Waals surface area contributed by atoms with Gasteiger partial charge in [0.25, 0.3) is 0 Å². The maximum atomic E-state index is 12.9. The average molecular weight is 250 g/mol. The highest BCUT2D eigenvalue weighted by Crippen LogP contribution is 2.28. The summed E-state index contributed by atoms with van der Waals surface area (Å²) in [6, 6.07) is -1.69. The van der Waals surface area contributed by atoms with Crippen LogP contribution in [0.3, 0.4) is 0 Å². The third kappa shape index (κ3) is 3.21. The zero-order valence-corrected chi connectivity index (χ0v) is 10.00. The predicted octanol–water partition coefficient (Wildman–Crippen LogP) is 1.66. The van der Waals surface area contributed by atoms with Gasteiger partial charge in [0.1, 0.15) is 6.04 Å². The molecule has 0 spiro atoms. The van der Waals surface area contributed by atoms with Crippen LogP contribution >= 0.6 is 0 Å². The molecule has 0 N–H and O–H groups in total. The Labute approximate surface area is 98.9 Å². The van der Waals surface area contributed by atoms with Crippen molar-refractivity contribution in [2.24, 2.45) is 0 Å². The van der Waals surface area contributed by atoms with Gasteiger partial charge in [0.15, 0.2) is 0 Å². The molecule has 1 aliphatic rings. The highest BCUT2D eigenvalue weighted by molar-refractivity contribution is 5.87. The van der Waals surface area contributed by atoms with Crippen molar-refractivity contribution in [3.63, 3.8) is 0 Å². The SMILES string of the molecule is C=CC(=O)N1CCN(C(C)C)CC1C(F)(F)F. The second-order valence-electron chi connectivity index (χ2n) is 4.38. The van der Waals surface area contributed by atoms with Crippen LogP contribution < -0.4 is 0 Å². The minimum atomic E-state index is -4.40. The molecule has 0 radical (unpaired) electrons. The molecule has 3 nitrogen and oxygen atoms in total. The largest absolute Gasteiger partial charge is 0.410 e. The number of carbonyl (C=O) groups is 1. The Morgan fingerprint density at radius 1 is 1.41 bits per heavy atom. The number of hydrogen-bond donors (Lipinski definition) is 0. The molecule has 1 fully saturated rings. The van der Waals surface area contributed by atoms with E-state index in [-0.39, 0.29) is 19.1 Å². The number of rotatable bonds is 2. The van der Waals surface area contributed by atoms with Crippen LogP contribution in [-0.4, -0.2) is 53.6 Å². The molecule has 1 saturated heterocycles. The minimum Gasteiger partial charge on any atom is -0.324 e. The van der Waals surface area contributed by atoms with Crippen LogP contribution in [0, 0.1) is 0 Å². The van der Waals surface area contributed by atoms with E-state index in [2.05, 4.69) is 6.58 Å². The van der Waals surface area contributed by atoms with E-state index in [9.17, 15) is 18.0 Å². The van der Waals surface area contributed by atoms with Crippen molar-refractivity contribution < 1.29 is 18.0 Å². The van der Waals surface area contributed by atoms with Gasteiger partial charge >= 0.3 is 6.18 Å². The predicted molar refractivity (Wildman–Crippen MR) is 58.5 cm³/mol. The quantitative estimate of drug-likeness (QED) is 0.696. The third-order valence-corrected chi connectivity index (χ3v) is 2.98. The first-order chi connectivity index (χ1) is 7.77. The van der Waals surface area contributed by atoms with Crippen LogP contribution in [-0.2, 0) is 4.79 Å². The van der Waals surface area contributed by atoms with E-state index in [4.69, 9.17) is 0 Å². The fraction of sp³-hybridized carbons (Fsp3) is 0.727. The van der Waals surface area contributed by atoms with Crippen molar-refractivity contribution in [2.75, 3.05) is 19.6 Å². The Kier molecular flexibility index (Phi) is 4.19. The summed E-state index contributed by atoms with van der Waals surface area (Å²) >= 11 is 0. The highest BCUT2D eigenvalue weighted by Gasteiger charge is 2.47. The number of alkyl halides is 3. The molecule has 6 heteroatoms. The van der Waals surface area contributed by atoms with Gasteiger partial charge in [-0.25, -0.2) is 0 Å². The Morgan fingerprint density at radius 2 is 2.00 bits per heavy atom. The molecular formula is C11H17F3N2O. The van der Waals surface area contributed by atoms with Gasteiger partial charge in [-0.05, 0) is 19.9 Å². The van der Waals surface area contributed by atoms with E-state index in [1.54, 1.807) is 4.90 Å². The van der Waals surface area contributed by atoms with Crippen molar-refractivity contribution in [3.05, 3.63) is 12.7 Å². The molecule has 0 bridgehead atoms. The fourth-order valence-electron chi connectivity index (χ4n) is 1.93. The number of nitrogens with zero attached hydrogens (tertiary/aromatic N) is 2. The fourth-order valence-corrected chi connectivity index (χ4v) is 1.93. The van der Waals surface area contributed by atoms with Crippen molar-refractivity contribution >= 4 is 5.91 Å². The molecule has 0 saturated carbocycles. The molecular weight excluding hydrogens is 233 g/mol. The lowest BCUT2D eigenvalue weighted by molar-refractivity contribution is -0.200. The molecule has 0 aliphatic carbocycles. The number of hydrogen-bond acceptors (Lipinski definition) is 2. The summed E-state index contributed by atoms with van der Waals surface area (Å²) in [4.78, 5) is 14.0. The molecule has 0 aromatic rings. The van der Waals surface area contributed by atoms with Crippen LogP contribution in [0.5, 0.6) is 0 Å². The van der Waals surface area contributed by atoms with E-state index in [1.165, 1.54) is 0 Å². The van der Waals surface area contributed by atoms with Gasteiger partial charge in [0.05, 0.1) is 0 Å². The Morgan fingerprint density at radius 3 is 2.41 bits per heavy atom. The van der Waals surface area contributed by atoms with E-state index < -0.39 is 18.1 Å². The molecule has 0 aromatic heterocycles. The molecule has 17 heavy (non-hydrogen) atoms. The summed E-state index contributed by atoms with van der Waals surface area (Å²) in [6.07, 6.45) is -3.46. The molecule has 1 aliphatic heterocycles. The van der Waals surface area contributed by atoms with Gasteiger partial charge in [-0.2, -0.15) is 13.2 Å². The summed E-state index contributed by atoms with van der Waals surface area (Å²) in [6.45, 7) is 7.31. The lowest BCUT2D eigenvalue weighted by Crippen LogP contribution is -2.61. The smallest absolute Gasteiger partial charge is 0.324 e. The van der Waals surface area contributed by atoms with Crippen molar-refractivity contribution in [1.29, 1.82) is 0 Å². The van der Waals surface area contributed by atoms with E-state index in [0.717, 1.165) is 11.0 Å². The van der Waals surface area contributed by atoms with E-state index in [1.807, 2.05) is 13.8 Å². The maximum Gasteiger partial charge on any atom is 0.410 e. The Hall–Kier alpha value is -1.04. The van der Waals surface area contributed by atoms with Crippen LogP contribution in [0.15, 0.2) is 12.7 Å². The van der Waals surface area contributed by atoms with Gasteiger partial charge in [-0.1, -0.05) is 6.58 Å². The first-order valence-electron chi connectivity index (χ1n) is 5.51. The molecule has 1 unspecified atom stereocenters. The van der Waals surface area contributed by atoms with Crippen molar-refractivity contribution in [2.45, 2.75) is 32.1 Å². The minimum absolute atomic E-state index is 0.0424. The third-order valence-electron chi connectivity index (χ3n) is 2.98. The number of piperazine rings is 1. The average Bonchev–Trinajstić information content (AvgIpc) is 2.26. The zero-order chi connectivity index (χ0) is 13.2. The zero-order valence-electron chi connectivity index (χ0n) is 10.00. The van der Waals surface area contributed by atoms with Gasteiger partial charge < -0.3 is 4.90 Å². The molecule has 1 atom stereocenters. The van der Waals surface area contributed by atoms with Crippen molar-refractivity contribution in [3.8, 4) is 0 Å². The number of halogens is 3. The van der Waals surface area contributed by atoms with Gasteiger partial charge in [0, 0.05) is 25.7 Å². The molecule has 98 valence electrons. The van der Waals surface area contributed by atoms with Crippen LogP contribution in [0.1, 0.15) is 13.8 Å². The van der Waals surface area contributed by atoms with Gasteiger partial charge in [-0.15, -0.1) is 0 Å². The van der Waals surface area contributed by atoms with Gasteiger partial charge in [-0.3, -0.25) is 9.69 Å². The standard InChI is InChI=1S/C11H17F3N2O/c1-4-10(17)16-6-5-15(8(2)3)7-9(16)11(12,13)14/h4,8-9H,1,5-7H2,2-3H3. The summed E-state index contributed by atoms with van der Waals surface area (Å²) in [7, 11) is 0.